The molecule has 0 radical (unpaired) electrons. The minimum atomic E-state index is -3.69. The molecule has 29 heavy (non-hydrogen) atoms. The Kier molecular flexibility index (Phi) is 8.54. The van der Waals surface area contributed by atoms with Crippen LogP contribution in [0.3, 0.4) is 0 Å². The second-order valence-corrected chi connectivity index (χ2v) is 8.69. The molecule has 0 aliphatic heterocycles. The Balaban J connectivity index is 1.89. The van der Waals surface area contributed by atoms with Crippen molar-refractivity contribution in [3.05, 3.63) is 65.2 Å². The standard InChI is InChI=1S/C22H28N2O4S/c1-3-4-5-6-15-23-22(26)20-9-7-18(8-10-20)16-24-29(27,28)21-13-11-19(12-14-21)17(2)25/h7-14,24H,3-6,15-16H2,1-2H3,(H,23,26). The van der Waals surface area contributed by atoms with Crippen molar-refractivity contribution in [2.45, 2.75) is 51.0 Å². The quantitative estimate of drug-likeness (QED) is 0.432. The number of carbonyl (C=O) groups excluding carboxylic acids is 2. The molecule has 0 fully saturated rings. The van der Waals surface area contributed by atoms with Gasteiger partial charge in [0.2, 0.25) is 10.0 Å². The summed E-state index contributed by atoms with van der Waals surface area (Å²) in [5, 5.41) is 2.89. The molecule has 0 aliphatic rings. The van der Waals surface area contributed by atoms with Gasteiger partial charge in [-0.05, 0) is 43.2 Å². The van der Waals surface area contributed by atoms with Crippen molar-refractivity contribution in [3.63, 3.8) is 0 Å². The van der Waals surface area contributed by atoms with Crippen molar-refractivity contribution < 1.29 is 18.0 Å². The summed E-state index contributed by atoms with van der Waals surface area (Å²) < 4.78 is 27.3. The van der Waals surface area contributed by atoms with Crippen LogP contribution in [0.4, 0.5) is 0 Å². The van der Waals surface area contributed by atoms with E-state index >= 15 is 0 Å². The average molecular weight is 417 g/mol. The SMILES string of the molecule is CCCCCCNC(=O)c1ccc(CNS(=O)(=O)c2ccc(C(C)=O)cc2)cc1. The van der Waals surface area contributed by atoms with Gasteiger partial charge in [0.1, 0.15) is 0 Å². The lowest BCUT2D eigenvalue weighted by Gasteiger charge is -2.09. The number of carbonyl (C=O) groups is 2. The summed E-state index contributed by atoms with van der Waals surface area (Å²) >= 11 is 0. The van der Waals surface area contributed by atoms with E-state index < -0.39 is 10.0 Å². The van der Waals surface area contributed by atoms with Crippen LogP contribution in [-0.4, -0.2) is 26.7 Å². The van der Waals surface area contributed by atoms with E-state index in [4.69, 9.17) is 0 Å². The molecule has 1 amide bonds. The van der Waals surface area contributed by atoms with Crippen molar-refractivity contribution in [3.8, 4) is 0 Å². The normalized spacial score (nSPS) is 11.2. The van der Waals surface area contributed by atoms with E-state index in [0.717, 1.165) is 24.8 Å². The molecule has 0 atom stereocenters. The second-order valence-electron chi connectivity index (χ2n) is 6.92. The smallest absolute Gasteiger partial charge is 0.251 e. The van der Waals surface area contributed by atoms with Crippen LogP contribution >= 0.6 is 0 Å². The van der Waals surface area contributed by atoms with Gasteiger partial charge in [0, 0.05) is 24.2 Å². The molecule has 0 saturated heterocycles. The van der Waals surface area contributed by atoms with E-state index in [1.165, 1.54) is 37.6 Å². The topological polar surface area (TPSA) is 92.3 Å². The first kappa shape index (κ1) is 22.8. The molecule has 0 bridgehead atoms. The van der Waals surface area contributed by atoms with Crippen LogP contribution < -0.4 is 10.0 Å². The Morgan fingerprint density at radius 2 is 1.48 bits per heavy atom. The molecule has 156 valence electrons. The van der Waals surface area contributed by atoms with E-state index in [9.17, 15) is 18.0 Å². The molecule has 0 spiro atoms. The molecule has 2 aromatic carbocycles. The first-order valence-corrected chi connectivity index (χ1v) is 11.3. The zero-order chi connectivity index (χ0) is 21.3. The fourth-order valence-electron chi connectivity index (χ4n) is 2.76. The van der Waals surface area contributed by atoms with Gasteiger partial charge in [-0.2, -0.15) is 0 Å². The number of hydrogen-bond acceptors (Lipinski definition) is 4. The predicted octanol–water partition coefficient (Wildman–Crippen LogP) is 3.68. The highest BCUT2D eigenvalue weighted by molar-refractivity contribution is 7.89. The fraction of sp³-hybridized carbons (Fsp3) is 0.364. The Bertz CT molecular complexity index is 920. The van der Waals surface area contributed by atoms with E-state index in [0.29, 0.717) is 17.7 Å². The Morgan fingerprint density at radius 1 is 0.862 bits per heavy atom. The number of Topliss-reactive ketones (excluding diaryl/α,β-unsaturated/α-hetero) is 1. The third kappa shape index (κ3) is 7.11. The Labute approximate surface area is 172 Å². The number of nitrogens with one attached hydrogen (secondary N) is 2. The van der Waals surface area contributed by atoms with Crippen molar-refractivity contribution in [1.82, 2.24) is 10.0 Å². The van der Waals surface area contributed by atoms with Gasteiger partial charge >= 0.3 is 0 Å². The number of rotatable bonds is 11. The fourth-order valence-corrected chi connectivity index (χ4v) is 3.78. The molecular weight excluding hydrogens is 388 g/mol. The number of sulfonamides is 1. The lowest BCUT2D eigenvalue weighted by Crippen LogP contribution is -2.25. The summed E-state index contributed by atoms with van der Waals surface area (Å²) in [4.78, 5) is 23.5. The van der Waals surface area contributed by atoms with Gasteiger partial charge in [-0.15, -0.1) is 0 Å². The van der Waals surface area contributed by atoms with Crippen molar-refractivity contribution in [1.29, 1.82) is 0 Å². The number of benzene rings is 2. The number of hydrogen-bond donors (Lipinski definition) is 2. The third-order valence-electron chi connectivity index (χ3n) is 4.57. The lowest BCUT2D eigenvalue weighted by atomic mass is 10.1. The first-order valence-electron chi connectivity index (χ1n) is 9.81. The molecule has 7 heteroatoms. The summed E-state index contributed by atoms with van der Waals surface area (Å²) in [5.74, 6) is -0.244. The summed E-state index contributed by atoms with van der Waals surface area (Å²) in [6, 6.07) is 12.6. The Morgan fingerprint density at radius 3 is 2.07 bits per heavy atom. The molecule has 0 unspecified atom stereocenters. The summed E-state index contributed by atoms with van der Waals surface area (Å²) in [6.45, 7) is 4.33. The average Bonchev–Trinajstić information content (AvgIpc) is 2.72. The van der Waals surface area contributed by atoms with Crippen LogP contribution in [0.1, 0.15) is 65.8 Å². The number of ketones is 1. The van der Waals surface area contributed by atoms with Gasteiger partial charge in [-0.1, -0.05) is 50.5 Å². The van der Waals surface area contributed by atoms with Gasteiger partial charge < -0.3 is 5.32 Å². The summed E-state index contributed by atoms with van der Waals surface area (Å²) in [6.07, 6.45) is 4.39. The van der Waals surface area contributed by atoms with Gasteiger partial charge in [-0.3, -0.25) is 9.59 Å². The monoisotopic (exact) mass is 416 g/mol. The molecule has 0 saturated carbocycles. The zero-order valence-electron chi connectivity index (χ0n) is 16.9. The number of amides is 1. The molecule has 2 aromatic rings. The highest BCUT2D eigenvalue weighted by Crippen LogP contribution is 2.12. The highest BCUT2D eigenvalue weighted by Gasteiger charge is 2.14. The molecule has 2 N–H and O–H groups in total. The van der Waals surface area contributed by atoms with E-state index in [-0.39, 0.29) is 23.1 Å². The minimum absolute atomic E-state index is 0.0987. The van der Waals surface area contributed by atoms with E-state index in [1.807, 2.05) is 0 Å². The maximum atomic E-state index is 12.4. The van der Waals surface area contributed by atoms with Crippen LogP contribution in [-0.2, 0) is 16.6 Å². The van der Waals surface area contributed by atoms with Crippen LogP contribution in [0.15, 0.2) is 53.4 Å². The summed E-state index contributed by atoms with van der Waals surface area (Å²) in [7, 11) is -3.69. The molecule has 0 heterocycles. The third-order valence-corrected chi connectivity index (χ3v) is 5.99. The van der Waals surface area contributed by atoms with Gasteiger partial charge in [-0.25, -0.2) is 13.1 Å². The van der Waals surface area contributed by atoms with Gasteiger partial charge in [0.15, 0.2) is 5.78 Å². The van der Waals surface area contributed by atoms with Crippen molar-refractivity contribution in [2.24, 2.45) is 0 Å². The number of unbranched alkanes of at least 4 members (excludes halogenated alkanes) is 3. The lowest BCUT2D eigenvalue weighted by molar-refractivity contribution is 0.0952. The van der Waals surface area contributed by atoms with Crippen LogP contribution in [0.5, 0.6) is 0 Å². The maximum Gasteiger partial charge on any atom is 0.251 e. The van der Waals surface area contributed by atoms with Gasteiger partial charge in [0.25, 0.3) is 5.91 Å². The predicted molar refractivity (Wildman–Crippen MR) is 113 cm³/mol. The van der Waals surface area contributed by atoms with Gasteiger partial charge in [0.05, 0.1) is 4.90 Å². The highest BCUT2D eigenvalue weighted by atomic mass is 32.2. The minimum Gasteiger partial charge on any atom is -0.352 e. The summed E-state index contributed by atoms with van der Waals surface area (Å²) in [5.41, 5.74) is 1.75. The Hall–Kier alpha value is -2.51. The first-order chi connectivity index (χ1) is 13.8. The van der Waals surface area contributed by atoms with Crippen molar-refractivity contribution in [2.75, 3.05) is 6.54 Å². The molecule has 0 aliphatic carbocycles. The van der Waals surface area contributed by atoms with Crippen LogP contribution in [0.25, 0.3) is 0 Å². The zero-order valence-corrected chi connectivity index (χ0v) is 17.7. The van der Waals surface area contributed by atoms with E-state index in [1.54, 1.807) is 24.3 Å². The van der Waals surface area contributed by atoms with Crippen molar-refractivity contribution >= 4 is 21.7 Å². The molecule has 2 rings (SSSR count). The molecular formula is C22H28N2O4S. The van der Waals surface area contributed by atoms with E-state index in [2.05, 4.69) is 17.0 Å². The van der Waals surface area contributed by atoms with Crippen LogP contribution in [0.2, 0.25) is 0 Å². The molecule has 6 nitrogen and oxygen atoms in total. The van der Waals surface area contributed by atoms with Crippen LogP contribution in [0, 0.1) is 0 Å². The molecule has 0 aromatic heterocycles. The largest absolute Gasteiger partial charge is 0.352 e. The second kappa shape index (κ2) is 10.9. The maximum absolute atomic E-state index is 12.4.